The summed E-state index contributed by atoms with van der Waals surface area (Å²) in [7, 11) is 0. The van der Waals surface area contributed by atoms with Crippen molar-refractivity contribution in [3.63, 3.8) is 0 Å². The minimum atomic E-state index is -0.451. The van der Waals surface area contributed by atoms with Crippen molar-refractivity contribution in [3.05, 3.63) is 35.1 Å². The number of nitrogens with zero attached hydrogens (tertiary/aromatic N) is 1. The van der Waals surface area contributed by atoms with Gasteiger partial charge in [-0.3, -0.25) is 0 Å². The number of carbonyl (C=O) groups excluding carboxylic acids is 1. The number of amides is 2. The van der Waals surface area contributed by atoms with E-state index in [0.29, 0.717) is 24.7 Å². The molecular formula is C16H22FN3O2. The monoisotopic (exact) mass is 307 g/mol. The molecule has 0 heterocycles. The van der Waals surface area contributed by atoms with Gasteiger partial charge in [0.1, 0.15) is 5.82 Å². The van der Waals surface area contributed by atoms with Gasteiger partial charge in [0.05, 0.1) is 24.3 Å². The third-order valence-electron chi connectivity index (χ3n) is 2.81. The number of halogens is 1. The first-order valence-corrected chi connectivity index (χ1v) is 7.23. The molecule has 0 aromatic heterocycles. The molecule has 0 spiro atoms. The van der Waals surface area contributed by atoms with Gasteiger partial charge in [-0.05, 0) is 31.0 Å². The van der Waals surface area contributed by atoms with Crippen molar-refractivity contribution in [2.75, 3.05) is 13.2 Å². The van der Waals surface area contributed by atoms with E-state index in [-0.39, 0.29) is 18.2 Å². The molecule has 0 aliphatic rings. The summed E-state index contributed by atoms with van der Waals surface area (Å²) in [6, 6.07) is 5.43. The van der Waals surface area contributed by atoms with Gasteiger partial charge in [-0.15, -0.1) is 0 Å². The number of hydrogen-bond donors (Lipinski definition) is 2. The van der Waals surface area contributed by atoms with Crippen molar-refractivity contribution in [1.82, 2.24) is 10.6 Å². The zero-order chi connectivity index (χ0) is 16.5. The fourth-order valence-corrected chi connectivity index (χ4v) is 1.75. The maximum Gasteiger partial charge on any atom is 0.315 e. The van der Waals surface area contributed by atoms with Crippen molar-refractivity contribution in [3.8, 4) is 6.07 Å². The molecule has 0 aliphatic heterocycles. The second kappa shape index (κ2) is 9.00. The lowest BCUT2D eigenvalue weighted by molar-refractivity contribution is 0.0954. The molecule has 1 aromatic rings. The summed E-state index contributed by atoms with van der Waals surface area (Å²) in [6.07, 6.45) is 0. The highest BCUT2D eigenvalue weighted by Gasteiger charge is 2.09. The molecule has 0 bridgehead atoms. The first-order chi connectivity index (χ1) is 10.4. The van der Waals surface area contributed by atoms with E-state index in [4.69, 9.17) is 10.00 Å². The van der Waals surface area contributed by atoms with E-state index < -0.39 is 11.8 Å². The Labute approximate surface area is 130 Å². The van der Waals surface area contributed by atoms with Gasteiger partial charge in [0.2, 0.25) is 0 Å². The zero-order valence-electron chi connectivity index (χ0n) is 13.1. The molecule has 0 saturated heterocycles. The largest absolute Gasteiger partial charge is 0.379 e. The minimum absolute atomic E-state index is 0.0206. The number of nitriles is 1. The highest BCUT2D eigenvalue weighted by Crippen LogP contribution is 2.09. The molecule has 0 radical (unpaired) electrons. The van der Waals surface area contributed by atoms with Crippen LogP contribution in [0.25, 0.3) is 0 Å². The van der Waals surface area contributed by atoms with Gasteiger partial charge in [0.25, 0.3) is 0 Å². The van der Waals surface area contributed by atoms with Crippen LogP contribution in [-0.4, -0.2) is 25.3 Å². The van der Waals surface area contributed by atoms with Crippen LogP contribution in [0.3, 0.4) is 0 Å². The van der Waals surface area contributed by atoms with E-state index in [0.717, 1.165) is 0 Å². The van der Waals surface area contributed by atoms with Crippen molar-refractivity contribution in [2.45, 2.75) is 33.4 Å². The van der Waals surface area contributed by atoms with Crippen molar-refractivity contribution >= 4 is 6.03 Å². The van der Waals surface area contributed by atoms with Crippen LogP contribution in [0.4, 0.5) is 9.18 Å². The number of benzene rings is 1. The standard InChI is InChI=1S/C16H22FN3O2/c1-11(2)9-22-10-12(3)20-16(21)19-8-14-6-13(7-18)4-5-15(14)17/h4-6,11-12H,8-10H2,1-3H3,(H2,19,20,21)/t12-/m1/s1. The second-order valence-electron chi connectivity index (χ2n) is 5.58. The fourth-order valence-electron chi connectivity index (χ4n) is 1.75. The molecule has 2 N–H and O–H groups in total. The van der Waals surface area contributed by atoms with Gasteiger partial charge in [-0.1, -0.05) is 13.8 Å². The molecule has 1 atom stereocenters. The lowest BCUT2D eigenvalue weighted by Gasteiger charge is -2.16. The lowest BCUT2D eigenvalue weighted by atomic mass is 10.1. The molecular weight excluding hydrogens is 285 g/mol. The molecule has 0 saturated carbocycles. The number of urea groups is 1. The van der Waals surface area contributed by atoms with Crippen LogP contribution in [0.1, 0.15) is 31.9 Å². The highest BCUT2D eigenvalue weighted by atomic mass is 19.1. The van der Waals surface area contributed by atoms with Gasteiger partial charge in [0.15, 0.2) is 0 Å². The van der Waals surface area contributed by atoms with E-state index in [9.17, 15) is 9.18 Å². The summed E-state index contributed by atoms with van der Waals surface area (Å²) in [5.41, 5.74) is 0.631. The van der Waals surface area contributed by atoms with Gasteiger partial charge in [0, 0.05) is 18.7 Å². The van der Waals surface area contributed by atoms with E-state index in [2.05, 4.69) is 24.5 Å². The topological polar surface area (TPSA) is 74.2 Å². The Balaban J connectivity index is 2.38. The van der Waals surface area contributed by atoms with Crippen molar-refractivity contribution < 1.29 is 13.9 Å². The minimum Gasteiger partial charge on any atom is -0.379 e. The Morgan fingerprint density at radius 2 is 2.09 bits per heavy atom. The molecule has 5 nitrogen and oxygen atoms in total. The molecule has 1 aromatic carbocycles. The van der Waals surface area contributed by atoms with Crippen molar-refractivity contribution in [2.24, 2.45) is 5.92 Å². The van der Waals surface area contributed by atoms with Gasteiger partial charge in [-0.2, -0.15) is 5.26 Å². The maximum atomic E-state index is 13.6. The van der Waals surface area contributed by atoms with E-state index in [1.807, 2.05) is 13.0 Å². The van der Waals surface area contributed by atoms with Crippen molar-refractivity contribution in [1.29, 1.82) is 5.26 Å². The number of carbonyl (C=O) groups is 1. The van der Waals surface area contributed by atoms with E-state index >= 15 is 0 Å². The summed E-state index contributed by atoms with van der Waals surface area (Å²) in [6.45, 7) is 7.01. The van der Waals surface area contributed by atoms with Gasteiger partial charge >= 0.3 is 6.03 Å². The van der Waals surface area contributed by atoms with Crippen LogP contribution in [0.15, 0.2) is 18.2 Å². The van der Waals surface area contributed by atoms with Crippen LogP contribution < -0.4 is 10.6 Å². The number of hydrogen-bond acceptors (Lipinski definition) is 3. The van der Waals surface area contributed by atoms with E-state index in [1.54, 1.807) is 0 Å². The smallest absolute Gasteiger partial charge is 0.315 e. The summed E-state index contributed by atoms with van der Waals surface area (Å²) in [4.78, 5) is 11.7. The summed E-state index contributed by atoms with van der Waals surface area (Å²) in [5.74, 6) is -0.0102. The van der Waals surface area contributed by atoms with Crippen LogP contribution in [0.2, 0.25) is 0 Å². The zero-order valence-corrected chi connectivity index (χ0v) is 13.1. The molecule has 0 unspecified atom stereocenters. The normalized spacial score (nSPS) is 11.8. The average Bonchev–Trinajstić information content (AvgIpc) is 2.46. The van der Waals surface area contributed by atoms with E-state index in [1.165, 1.54) is 18.2 Å². The highest BCUT2D eigenvalue weighted by molar-refractivity contribution is 5.74. The Kier molecular flexibility index (Phi) is 7.33. The molecule has 2 amide bonds. The molecule has 0 fully saturated rings. The average molecular weight is 307 g/mol. The van der Waals surface area contributed by atoms with Gasteiger partial charge in [-0.25, -0.2) is 9.18 Å². The summed E-state index contributed by atoms with van der Waals surface area (Å²) < 4.78 is 19.0. The van der Waals surface area contributed by atoms with Gasteiger partial charge < -0.3 is 15.4 Å². The number of ether oxygens (including phenoxy) is 1. The Hall–Kier alpha value is -2.13. The summed E-state index contributed by atoms with van der Waals surface area (Å²) in [5, 5.41) is 14.1. The SMILES string of the molecule is CC(C)COC[C@@H](C)NC(=O)NCc1cc(C#N)ccc1F. The number of nitrogens with one attached hydrogen (secondary N) is 2. The predicted octanol–water partition coefficient (Wildman–Crippen LogP) is 2.56. The quantitative estimate of drug-likeness (QED) is 0.813. The van der Waals surface area contributed by atoms with Crippen LogP contribution in [0, 0.1) is 23.1 Å². The Bertz CT molecular complexity index is 541. The molecule has 120 valence electrons. The predicted molar refractivity (Wildman–Crippen MR) is 81.6 cm³/mol. The second-order valence-corrected chi connectivity index (χ2v) is 5.58. The maximum absolute atomic E-state index is 13.6. The number of rotatable bonds is 7. The first kappa shape index (κ1) is 17.9. The third kappa shape index (κ3) is 6.55. The third-order valence-corrected chi connectivity index (χ3v) is 2.81. The van der Waals surface area contributed by atoms with Crippen LogP contribution >= 0.6 is 0 Å². The summed E-state index contributed by atoms with van der Waals surface area (Å²) >= 11 is 0. The first-order valence-electron chi connectivity index (χ1n) is 7.23. The molecule has 1 rings (SSSR count). The molecule has 6 heteroatoms. The molecule has 0 aliphatic carbocycles. The van der Waals surface area contributed by atoms with Crippen LogP contribution in [0.5, 0.6) is 0 Å². The van der Waals surface area contributed by atoms with Crippen LogP contribution in [-0.2, 0) is 11.3 Å². The Morgan fingerprint density at radius 1 is 1.36 bits per heavy atom. The molecule has 22 heavy (non-hydrogen) atoms. The fraction of sp³-hybridized carbons (Fsp3) is 0.500. The lowest BCUT2D eigenvalue weighted by Crippen LogP contribution is -2.42. The Morgan fingerprint density at radius 3 is 2.73 bits per heavy atom.